The van der Waals surface area contributed by atoms with Gasteiger partial charge in [0.15, 0.2) is 5.96 Å². The zero-order valence-corrected chi connectivity index (χ0v) is 14.8. The SMILES string of the molecule is CN=C(NCc1ccc(Br)cc1)NCc1sc(C)nc1C. The van der Waals surface area contributed by atoms with Crippen molar-refractivity contribution >= 4 is 33.2 Å². The maximum atomic E-state index is 4.43. The second-order valence-electron chi connectivity index (χ2n) is 4.65. The van der Waals surface area contributed by atoms with Crippen molar-refractivity contribution in [2.75, 3.05) is 7.05 Å². The van der Waals surface area contributed by atoms with Crippen molar-refractivity contribution in [2.45, 2.75) is 26.9 Å². The number of benzene rings is 1. The van der Waals surface area contributed by atoms with E-state index in [1.54, 1.807) is 18.4 Å². The minimum atomic E-state index is 0.744. The molecule has 0 fully saturated rings. The van der Waals surface area contributed by atoms with E-state index in [-0.39, 0.29) is 0 Å². The molecule has 21 heavy (non-hydrogen) atoms. The number of rotatable bonds is 4. The van der Waals surface area contributed by atoms with E-state index in [9.17, 15) is 0 Å². The molecule has 1 heterocycles. The Kier molecular flexibility index (Phi) is 5.76. The third-order valence-corrected chi connectivity index (χ3v) is 4.61. The number of thiazole rings is 1. The number of hydrogen-bond acceptors (Lipinski definition) is 3. The van der Waals surface area contributed by atoms with Gasteiger partial charge < -0.3 is 10.6 Å². The minimum absolute atomic E-state index is 0.744. The molecule has 0 unspecified atom stereocenters. The molecule has 0 bridgehead atoms. The summed E-state index contributed by atoms with van der Waals surface area (Å²) in [6, 6.07) is 8.25. The van der Waals surface area contributed by atoms with Gasteiger partial charge in [0.1, 0.15) is 0 Å². The molecule has 1 aromatic heterocycles. The van der Waals surface area contributed by atoms with Gasteiger partial charge in [-0.2, -0.15) is 0 Å². The molecule has 0 atom stereocenters. The Morgan fingerprint density at radius 3 is 2.43 bits per heavy atom. The van der Waals surface area contributed by atoms with Crippen LogP contribution in [0.15, 0.2) is 33.7 Å². The average Bonchev–Trinajstić information content (AvgIpc) is 2.79. The Labute approximate surface area is 137 Å². The predicted molar refractivity (Wildman–Crippen MR) is 92.8 cm³/mol. The lowest BCUT2D eigenvalue weighted by atomic mass is 10.2. The Morgan fingerprint density at radius 1 is 1.19 bits per heavy atom. The first-order chi connectivity index (χ1) is 10.1. The Bertz CT molecular complexity index is 619. The molecule has 0 aliphatic heterocycles. The maximum absolute atomic E-state index is 4.43. The first kappa shape index (κ1) is 16.0. The summed E-state index contributed by atoms with van der Waals surface area (Å²) in [7, 11) is 1.78. The van der Waals surface area contributed by atoms with Gasteiger partial charge in [0.05, 0.1) is 17.2 Å². The molecule has 0 aliphatic carbocycles. The lowest BCUT2D eigenvalue weighted by molar-refractivity contribution is 0.811. The molecule has 0 saturated carbocycles. The van der Waals surface area contributed by atoms with Crippen LogP contribution in [0.5, 0.6) is 0 Å². The highest BCUT2D eigenvalue weighted by molar-refractivity contribution is 9.10. The van der Waals surface area contributed by atoms with Gasteiger partial charge in [0, 0.05) is 22.9 Å². The molecule has 6 heteroatoms. The van der Waals surface area contributed by atoms with Crippen LogP contribution in [0.25, 0.3) is 0 Å². The van der Waals surface area contributed by atoms with Gasteiger partial charge in [-0.25, -0.2) is 4.98 Å². The highest BCUT2D eigenvalue weighted by atomic mass is 79.9. The van der Waals surface area contributed by atoms with Crippen molar-refractivity contribution < 1.29 is 0 Å². The highest BCUT2D eigenvalue weighted by Crippen LogP contribution is 2.16. The minimum Gasteiger partial charge on any atom is -0.352 e. The van der Waals surface area contributed by atoms with Crippen LogP contribution in [0, 0.1) is 13.8 Å². The van der Waals surface area contributed by atoms with Crippen LogP contribution in [-0.2, 0) is 13.1 Å². The fraction of sp³-hybridized carbons (Fsp3) is 0.333. The summed E-state index contributed by atoms with van der Waals surface area (Å²) in [5.74, 6) is 0.795. The molecule has 0 aliphatic rings. The average molecular weight is 367 g/mol. The van der Waals surface area contributed by atoms with Crippen molar-refractivity contribution in [3.8, 4) is 0 Å². The van der Waals surface area contributed by atoms with Crippen LogP contribution < -0.4 is 10.6 Å². The molecule has 1 aromatic carbocycles. The maximum Gasteiger partial charge on any atom is 0.191 e. The summed E-state index contributed by atoms with van der Waals surface area (Å²) < 4.78 is 1.09. The van der Waals surface area contributed by atoms with Gasteiger partial charge in [-0.15, -0.1) is 11.3 Å². The van der Waals surface area contributed by atoms with Crippen LogP contribution in [-0.4, -0.2) is 18.0 Å². The van der Waals surface area contributed by atoms with E-state index in [0.29, 0.717) is 0 Å². The number of guanidine groups is 1. The lowest BCUT2D eigenvalue weighted by Gasteiger charge is -2.11. The van der Waals surface area contributed by atoms with Crippen LogP contribution in [0.1, 0.15) is 21.1 Å². The van der Waals surface area contributed by atoms with Crippen LogP contribution in [0.3, 0.4) is 0 Å². The summed E-state index contributed by atoms with van der Waals surface area (Å²) in [6.45, 7) is 5.56. The first-order valence-corrected chi connectivity index (χ1v) is 8.31. The number of hydrogen-bond donors (Lipinski definition) is 2. The molecular formula is C15H19BrN4S. The monoisotopic (exact) mass is 366 g/mol. The van der Waals surface area contributed by atoms with E-state index in [1.165, 1.54) is 10.4 Å². The van der Waals surface area contributed by atoms with E-state index in [4.69, 9.17) is 0 Å². The fourth-order valence-corrected chi connectivity index (χ4v) is 3.05. The van der Waals surface area contributed by atoms with E-state index in [0.717, 1.165) is 34.2 Å². The quantitative estimate of drug-likeness (QED) is 0.643. The summed E-state index contributed by atoms with van der Waals surface area (Å²) in [5, 5.41) is 7.73. The van der Waals surface area contributed by atoms with Gasteiger partial charge in [0.2, 0.25) is 0 Å². The van der Waals surface area contributed by atoms with Gasteiger partial charge in [-0.05, 0) is 31.5 Å². The molecule has 4 nitrogen and oxygen atoms in total. The largest absolute Gasteiger partial charge is 0.352 e. The lowest BCUT2D eigenvalue weighted by Crippen LogP contribution is -2.36. The standard InChI is InChI=1S/C15H19BrN4S/c1-10-14(21-11(2)20-10)9-19-15(17-3)18-8-12-4-6-13(16)7-5-12/h4-7H,8-9H2,1-3H3,(H2,17,18,19). The van der Waals surface area contributed by atoms with Crippen LogP contribution in [0.2, 0.25) is 0 Å². The van der Waals surface area contributed by atoms with E-state index < -0.39 is 0 Å². The summed E-state index contributed by atoms with van der Waals surface area (Å²) in [6.07, 6.45) is 0. The van der Waals surface area contributed by atoms with Crippen LogP contribution >= 0.6 is 27.3 Å². The van der Waals surface area contributed by atoms with Crippen LogP contribution in [0.4, 0.5) is 0 Å². The molecule has 2 aromatic rings. The number of halogens is 1. The van der Waals surface area contributed by atoms with E-state index in [2.05, 4.69) is 48.7 Å². The number of nitrogens with zero attached hydrogens (tertiary/aromatic N) is 2. The molecule has 0 spiro atoms. The molecule has 0 amide bonds. The van der Waals surface area contributed by atoms with E-state index in [1.807, 2.05) is 26.0 Å². The Balaban J connectivity index is 1.86. The normalized spacial score (nSPS) is 11.5. The van der Waals surface area contributed by atoms with Crippen molar-refractivity contribution in [1.29, 1.82) is 0 Å². The Hall–Kier alpha value is -1.40. The second-order valence-corrected chi connectivity index (χ2v) is 6.85. The molecular weight excluding hydrogens is 348 g/mol. The third kappa shape index (κ3) is 4.82. The van der Waals surface area contributed by atoms with Gasteiger partial charge in [-0.3, -0.25) is 4.99 Å². The molecule has 2 N–H and O–H groups in total. The summed E-state index contributed by atoms with van der Waals surface area (Å²) >= 11 is 5.16. The van der Waals surface area contributed by atoms with Gasteiger partial charge >= 0.3 is 0 Å². The number of nitrogens with one attached hydrogen (secondary N) is 2. The van der Waals surface area contributed by atoms with Crippen molar-refractivity contribution in [3.05, 3.63) is 49.9 Å². The number of aliphatic imine (C=N–C) groups is 1. The molecule has 112 valence electrons. The third-order valence-electron chi connectivity index (χ3n) is 3.01. The highest BCUT2D eigenvalue weighted by Gasteiger charge is 2.05. The smallest absolute Gasteiger partial charge is 0.191 e. The second kappa shape index (κ2) is 7.56. The molecule has 0 saturated heterocycles. The summed E-state index contributed by atoms with van der Waals surface area (Å²) in [4.78, 5) is 9.92. The fourth-order valence-electron chi connectivity index (χ4n) is 1.91. The van der Waals surface area contributed by atoms with Gasteiger partial charge in [0.25, 0.3) is 0 Å². The van der Waals surface area contributed by atoms with E-state index >= 15 is 0 Å². The first-order valence-electron chi connectivity index (χ1n) is 6.70. The zero-order valence-electron chi connectivity index (χ0n) is 12.4. The topological polar surface area (TPSA) is 49.3 Å². The van der Waals surface area contributed by atoms with Crippen molar-refractivity contribution in [3.63, 3.8) is 0 Å². The zero-order chi connectivity index (χ0) is 15.2. The Morgan fingerprint density at radius 2 is 1.86 bits per heavy atom. The number of aromatic nitrogens is 1. The number of aryl methyl sites for hydroxylation is 2. The summed E-state index contributed by atoms with van der Waals surface area (Å²) in [5.41, 5.74) is 2.30. The van der Waals surface area contributed by atoms with Crippen molar-refractivity contribution in [2.24, 2.45) is 4.99 Å². The molecule has 0 radical (unpaired) electrons. The molecule has 2 rings (SSSR count). The van der Waals surface area contributed by atoms with Crippen molar-refractivity contribution in [1.82, 2.24) is 15.6 Å². The van der Waals surface area contributed by atoms with Gasteiger partial charge in [-0.1, -0.05) is 28.1 Å². The predicted octanol–water partition coefficient (Wildman–Crippen LogP) is 3.39.